The van der Waals surface area contributed by atoms with Crippen molar-refractivity contribution in [3.8, 4) is 5.75 Å². The first kappa shape index (κ1) is 14.9. The number of nitrogens with zero attached hydrogens (tertiary/aromatic N) is 1. The molecule has 20 heavy (non-hydrogen) atoms. The third kappa shape index (κ3) is 4.01. The van der Waals surface area contributed by atoms with E-state index in [0.29, 0.717) is 6.61 Å². The average Bonchev–Trinajstić information content (AvgIpc) is 2.76. The Kier molecular flexibility index (Phi) is 4.71. The summed E-state index contributed by atoms with van der Waals surface area (Å²) < 4.78 is 7.85. The van der Waals surface area contributed by atoms with Crippen molar-refractivity contribution in [1.82, 2.24) is 9.88 Å². The van der Waals surface area contributed by atoms with Crippen LogP contribution in [0.15, 0.2) is 30.5 Å². The minimum absolute atomic E-state index is 0.200. The zero-order chi connectivity index (χ0) is 14.6. The van der Waals surface area contributed by atoms with Gasteiger partial charge in [0.25, 0.3) is 0 Å². The molecule has 2 aromatic rings. The highest BCUT2D eigenvalue weighted by molar-refractivity contribution is 5.81. The standard InChI is InChI=1S/C17H26N2O/c1-5-20-15-7-8-16-14(13-15)9-12-19(16)11-6-10-18-17(2,3)4/h7-9,12-13,18H,5-6,10-11H2,1-4H3. The Bertz CT molecular complexity index is 552. The van der Waals surface area contributed by atoms with E-state index in [1.807, 2.05) is 6.92 Å². The van der Waals surface area contributed by atoms with Gasteiger partial charge in [-0.3, -0.25) is 0 Å². The summed E-state index contributed by atoms with van der Waals surface area (Å²) in [5.74, 6) is 0.951. The van der Waals surface area contributed by atoms with Crippen LogP contribution < -0.4 is 10.1 Å². The topological polar surface area (TPSA) is 26.2 Å². The van der Waals surface area contributed by atoms with Gasteiger partial charge in [0, 0.05) is 29.2 Å². The molecule has 0 saturated heterocycles. The van der Waals surface area contributed by atoms with E-state index in [2.05, 4.69) is 61.1 Å². The van der Waals surface area contributed by atoms with Crippen LogP contribution in [-0.2, 0) is 6.54 Å². The Balaban J connectivity index is 1.97. The van der Waals surface area contributed by atoms with Gasteiger partial charge in [-0.1, -0.05) is 0 Å². The van der Waals surface area contributed by atoms with Crippen LogP contribution in [0.2, 0.25) is 0 Å². The van der Waals surface area contributed by atoms with Crippen LogP contribution in [0.4, 0.5) is 0 Å². The summed E-state index contributed by atoms with van der Waals surface area (Å²) in [5.41, 5.74) is 1.48. The number of benzene rings is 1. The SMILES string of the molecule is CCOc1ccc2c(ccn2CCCNC(C)(C)C)c1. The smallest absolute Gasteiger partial charge is 0.120 e. The van der Waals surface area contributed by atoms with Gasteiger partial charge in [-0.15, -0.1) is 0 Å². The summed E-state index contributed by atoms with van der Waals surface area (Å²) in [4.78, 5) is 0. The molecule has 3 heteroatoms. The average molecular weight is 274 g/mol. The molecular weight excluding hydrogens is 248 g/mol. The maximum atomic E-state index is 5.54. The molecule has 0 unspecified atom stereocenters. The van der Waals surface area contributed by atoms with Gasteiger partial charge < -0.3 is 14.6 Å². The lowest BCUT2D eigenvalue weighted by Gasteiger charge is -2.20. The number of hydrogen-bond acceptors (Lipinski definition) is 2. The van der Waals surface area contributed by atoms with E-state index in [4.69, 9.17) is 4.74 Å². The van der Waals surface area contributed by atoms with Crippen LogP contribution in [0.3, 0.4) is 0 Å². The molecule has 0 radical (unpaired) electrons. The molecule has 1 heterocycles. The fraction of sp³-hybridized carbons (Fsp3) is 0.529. The summed E-state index contributed by atoms with van der Waals surface area (Å²) in [7, 11) is 0. The molecule has 0 aliphatic heterocycles. The van der Waals surface area contributed by atoms with E-state index < -0.39 is 0 Å². The van der Waals surface area contributed by atoms with E-state index >= 15 is 0 Å². The summed E-state index contributed by atoms with van der Waals surface area (Å²) in [6, 6.07) is 8.48. The lowest BCUT2D eigenvalue weighted by Crippen LogP contribution is -2.36. The normalized spacial score (nSPS) is 12.0. The van der Waals surface area contributed by atoms with E-state index in [0.717, 1.165) is 25.3 Å². The molecule has 0 amide bonds. The van der Waals surface area contributed by atoms with Crippen LogP contribution in [0.5, 0.6) is 5.75 Å². The molecule has 1 N–H and O–H groups in total. The van der Waals surface area contributed by atoms with Crippen molar-refractivity contribution in [2.45, 2.75) is 46.2 Å². The third-order valence-electron chi connectivity index (χ3n) is 3.28. The summed E-state index contributed by atoms with van der Waals surface area (Å²) in [5, 5.41) is 4.77. The Hall–Kier alpha value is -1.48. The highest BCUT2D eigenvalue weighted by Crippen LogP contribution is 2.22. The predicted octanol–water partition coefficient (Wildman–Crippen LogP) is 3.82. The second-order valence-electron chi connectivity index (χ2n) is 6.19. The number of ether oxygens (including phenoxy) is 1. The van der Waals surface area contributed by atoms with E-state index in [1.165, 1.54) is 10.9 Å². The van der Waals surface area contributed by atoms with Gasteiger partial charge in [0.1, 0.15) is 5.75 Å². The second-order valence-corrected chi connectivity index (χ2v) is 6.19. The second kappa shape index (κ2) is 6.31. The molecule has 0 aliphatic rings. The Labute approximate surface area is 121 Å². The quantitative estimate of drug-likeness (QED) is 0.810. The van der Waals surface area contributed by atoms with Crippen molar-refractivity contribution in [3.05, 3.63) is 30.5 Å². The molecule has 0 spiro atoms. The zero-order valence-electron chi connectivity index (χ0n) is 13.1. The molecule has 3 nitrogen and oxygen atoms in total. The fourth-order valence-corrected chi connectivity index (χ4v) is 2.34. The van der Waals surface area contributed by atoms with Gasteiger partial charge in [-0.2, -0.15) is 0 Å². The Morgan fingerprint density at radius 1 is 1.20 bits per heavy atom. The maximum Gasteiger partial charge on any atom is 0.120 e. The fourth-order valence-electron chi connectivity index (χ4n) is 2.34. The van der Waals surface area contributed by atoms with Crippen molar-refractivity contribution in [2.24, 2.45) is 0 Å². The Morgan fingerprint density at radius 2 is 2.00 bits per heavy atom. The monoisotopic (exact) mass is 274 g/mol. The molecule has 0 fully saturated rings. The van der Waals surface area contributed by atoms with E-state index in [1.54, 1.807) is 0 Å². The molecular formula is C17H26N2O. The number of rotatable bonds is 6. The van der Waals surface area contributed by atoms with Crippen LogP contribution in [-0.4, -0.2) is 23.3 Å². The van der Waals surface area contributed by atoms with Crippen molar-refractivity contribution in [3.63, 3.8) is 0 Å². The summed E-state index contributed by atoms with van der Waals surface area (Å²) >= 11 is 0. The zero-order valence-corrected chi connectivity index (χ0v) is 13.1. The number of aryl methyl sites for hydroxylation is 1. The number of aromatic nitrogens is 1. The molecule has 0 aliphatic carbocycles. The van der Waals surface area contributed by atoms with Crippen molar-refractivity contribution >= 4 is 10.9 Å². The highest BCUT2D eigenvalue weighted by Gasteiger charge is 2.08. The van der Waals surface area contributed by atoms with Gasteiger partial charge in [0.05, 0.1) is 6.61 Å². The molecule has 1 aromatic heterocycles. The first-order valence-corrected chi connectivity index (χ1v) is 7.46. The van der Waals surface area contributed by atoms with Gasteiger partial charge in [-0.05, 0) is 64.9 Å². The van der Waals surface area contributed by atoms with E-state index in [9.17, 15) is 0 Å². The molecule has 1 aromatic carbocycles. The predicted molar refractivity (Wildman–Crippen MR) is 85.5 cm³/mol. The molecule has 0 atom stereocenters. The third-order valence-corrected chi connectivity index (χ3v) is 3.28. The molecule has 110 valence electrons. The number of nitrogens with one attached hydrogen (secondary N) is 1. The summed E-state index contributed by atoms with van der Waals surface area (Å²) in [6.45, 7) is 11.4. The first-order chi connectivity index (χ1) is 9.49. The van der Waals surface area contributed by atoms with Gasteiger partial charge in [0.15, 0.2) is 0 Å². The van der Waals surface area contributed by atoms with Gasteiger partial charge >= 0.3 is 0 Å². The molecule has 0 bridgehead atoms. The first-order valence-electron chi connectivity index (χ1n) is 7.46. The minimum Gasteiger partial charge on any atom is -0.494 e. The van der Waals surface area contributed by atoms with Crippen LogP contribution in [0.25, 0.3) is 10.9 Å². The van der Waals surface area contributed by atoms with E-state index in [-0.39, 0.29) is 5.54 Å². The molecule has 0 saturated carbocycles. The van der Waals surface area contributed by atoms with Crippen LogP contribution in [0.1, 0.15) is 34.1 Å². The Morgan fingerprint density at radius 3 is 2.70 bits per heavy atom. The van der Waals surface area contributed by atoms with Crippen LogP contribution in [0, 0.1) is 0 Å². The molecule has 2 rings (SSSR count). The van der Waals surface area contributed by atoms with Crippen molar-refractivity contribution < 1.29 is 4.74 Å². The number of fused-ring (bicyclic) bond motifs is 1. The van der Waals surface area contributed by atoms with Gasteiger partial charge in [0.2, 0.25) is 0 Å². The lowest BCUT2D eigenvalue weighted by molar-refractivity contribution is 0.340. The van der Waals surface area contributed by atoms with Crippen molar-refractivity contribution in [2.75, 3.05) is 13.2 Å². The largest absolute Gasteiger partial charge is 0.494 e. The van der Waals surface area contributed by atoms with Gasteiger partial charge in [-0.25, -0.2) is 0 Å². The lowest BCUT2D eigenvalue weighted by atomic mass is 10.1. The summed E-state index contributed by atoms with van der Waals surface area (Å²) in [6.07, 6.45) is 3.30. The minimum atomic E-state index is 0.200. The number of hydrogen-bond donors (Lipinski definition) is 1. The highest BCUT2D eigenvalue weighted by atomic mass is 16.5. The van der Waals surface area contributed by atoms with Crippen LogP contribution >= 0.6 is 0 Å². The maximum absolute atomic E-state index is 5.54. The van der Waals surface area contributed by atoms with Crippen molar-refractivity contribution in [1.29, 1.82) is 0 Å².